The van der Waals surface area contributed by atoms with Crippen LogP contribution in [0, 0.1) is 6.92 Å². The first-order chi connectivity index (χ1) is 15.5. The van der Waals surface area contributed by atoms with Gasteiger partial charge in [-0.1, -0.05) is 36.4 Å². The fourth-order valence-electron chi connectivity index (χ4n) is 4.21. The van der Waals surface area contributed by atoms with Crippen LogP contribution in [0.4, 0.5) is 0 Å². The molecule has 0 amide bonds. The lowest BCUT2D eigenvalue weighted by Crippen LogP contribution is -2.44. The Kier molecular flexibility index (Phi) is 5.48. The summed E-state index contributed by atoms with van der Waals surface area (Å²) in [5.74, 6) is 1.02. The van der Waals surface area contributed by atoms with E-state index in [-0.39, 0.29) is 13.0 Å². The van der Waals surface area contributed by atoms with Crippen LogP contribution in [0.15, 0.2) is 65.1 Å². The van der Waals surface area contributed by atoms with Gasteiger partial charge in [-0.25, -0.2) is 0 Å². The number of aromatic nitrogens is 2. The Hall–Kier alpha value is -3.10. The normalized spacial score (nSPS) is 23.5. The summed E-state index contributed by atoms with van der Waals surface area (Å²) < 4.78 is 11.4. The Balaban J connectivity index is 1.46. The number of aliphatic hydroxyl groups excluding tert-OH is 3. The van der Waals surface area contributed by atoms with E-state index < -0.39 is 24.4 Å². The number of nitrogens with zero attached hydrogens (tertiary/aromatic N) is 2. The van der Waals surface area contributed by atoms with Crippen LogP contribution in [0.5, 0.6) is 0 Å². The molecule has 164 valence electrons. The van der Waals surface area contributed by atoms with E-state index in [0.29, 0.717) is 11.8 Å². The van der Waals surface area contributed by atoms with Gasteiger partial charge in [-0.3, -0.25) is 0 Å². The molecular formula is C25H24N2O5. The molecule has 0 aliphatic carbocycles. The first kappa shape index (κ1) is 20.8. The molecule has 0 spiro atoms. The lowest BCUT2D eigenvalue weighted by molar-refractivity contribution is -0.179. The SMILES string of the molecule is Cc1nnc(-c2ccc3cc(-c4cccc(C5OC(CO)CC(O)C5O)c4)ccc3c2)o1. The number of rotatable bonds is 4. The standard InChI is InChI=1S/C25H24N2O5/c1-14-26-27-25(31-14)20-8-7-17-9-16(5-6-18(17)11-20)15-3-2-4-19(10-15)24-23(30)22(29)12-21(13-28)32-24/h2-11,21-24,28-30H,12-13H2,1H3. The van der Waals surface area contributed by atoms with Crippen LogP contribution in [0.2, 0.25) is 0 Å². The van der Waals surface area contributed by atoms with Crippen molar-refractivity contribution in [1.29, 1.82) is 0 Å². The van der Waals surface area contributed by atoms with Crippen molar-refractivity contribution in [3.05, 3.63) is 72.1 Å². The molecule has 7 nitrogen and oxygen atoms in total. The maximum absolute atomic E-state index is 10.5. The summed E-state index contributed by atoms with van der Waals surface area (Å²) in [6.07, 6.45) is -2.97. The zero-order valence-corrected chi connectivity index (χ0v) is 17.5. The molecule has 4 unspecified atom stereocenters. The van der Waals surface area contributed by atoms with Gasteiger partial charge in [0.2, 0.25) is 11.8 Å². The minimum absolute atomic E-state index is 0.199. The lowest BCUT2D eigenvalue weighted by Gasteiger charge is -2.37. The average molecular weight is 432 g/mol. The Bertz CT molecular complexity index is 1250. The molecule has 0 saturated carbocycles. The van der Waals surface area contributed by atoms with E-state index in [1.807, 2.05) is 54.6 Å². The molecule has 1 aliphatic rings. The van der Waals surface area contributed by atoms with Crippen molar-refractivity contribution in [2.45, 2.75) is 37.8 Å². The third kappa shape index (κ3) is 3.91. The summed E-state index contributed by atoms with van der Waals surface area (Å²) in [4.78, 5) is 0. The van der Waals surface area contributed by atoms with E-state index in [1.54, 1.807) is 6.92 Å². The van der Waals surface area contributed by atoms with Crippen LogP contribution >= 0.6 is 0 Å². The van der Waals surface area contributed by atoms with Crippen molar-refractivity contribution in [2.75, 3.05) is 6.61 Å². The molecule has 4 aromatic rings. The van der Waals surface area contributed by atoms with Crippen LogP contribution in [0.3, 0.4) is 0 Å². The highest BCUT2D eigenvalue weighted by Gasteiger charge is 2.37. The number of hydrogen-bond donors (Lipinski definition) is 3. The minimum Gasteiger partial charge on any atom is -0.421 e. The van der Waals surface area contributed by atoms with Crippen LogP contribution in [0.25, 0.3) is 33.4 Å². The maximum atomic E-state index is 10.5. The molecule has 7 heteroatoms. The lowest BCUT2D eigenvalue weighted by atomic mass is 9.91. The Morgan fingerprint density at radius 3 is 2.34 bits per heavy atom. The summed E-state index contributed by atoms with van der Waals surface area (Å²) in [7, 11) is 0. The van der Waals surface area contributed by atoms with Crippen LogP contribution in [0.1, 0.15) is 24.0 Å². The summed E-state index contributed by atoms with van der Waals surface area (Å²) in [5.41, 5.74) is 3.62. The van der Waals surface area contributed by atoms with Crippen LogP contribution < -0.4 is 0 Å². The number of hydrogen-bond acceptors (Lipinski definition) is 7. The Morgan fingerprint density at radius 1 is 0.906 bits per heavy atom. The molecular weight excluding hydrogens is 408 g/mol. The quantitative estimate of drug-likeness (QED) is 0.453. The minimum atomic E-state index is -1.04. The Labute approximate surface area is 184 Å². The molecule has 3 N–H and O–H groups in total. The molecule has 5 rings (SSSR count). The zero-order chi connectivity index (χ0) is 22.2. The van der Waals surface area contributed by atoms with Crippen molar-refractivity contribution in [1.82, 2.24) is 10.2 Å². The number of benzene rings is 3. The molecule has 1 saturated heterocycles. The third-order valence-electron chi connectivity index (χ3n) is 5.91. The maximum Gasteiger partial charge on any atom is 0.247 e. The highest BCUT2D eigenvalue weighted by Crippen LogP contribution is 2.35. The molecule has 4 atom stereocenters. The Morgan fingerprint density at radius 2 is 1.62 bits per heavy atom. The number of aliphatic hydroxyl groups is 3. The monoisotopic (exact) mass is 432 g/mol. The molecule has 3 aromatic carbocycles. The second-order valence-corrected chi connectivity index (χ2v) is 8.18. The fraction of sp³-hybridized carbons (Fsp3) is 0.280. The van der Waals surface area contributed by atoms with Gasteiger partial charge in [-0.05, 0) is 51.7 Å². The van der Waals surface area contributed by atoms with Crippen molar-refractivity contribution < 1.29 is 24.5 Å². The van der Waals surface area contributed by atoms with Crippen LogP contribution in [-0.2, 0) is 4.74 Å². The van der Waals surface area contributed by atoms with E-state index in [4.69, 9.17) is 9.15 Å². The van der Waals surface area contributed by atoms with E-state index in [0.717, 1.165) is 33.0 Å². The van der Waals surface area contributed by atoms with Crippen molar-refractivity contribution in [2.24, 2.45) is 0 Å². The van der Waals surface area contributed by atoms with E-state index in [2.05, 4.69) is 16.3 Å². The van der Waals surface area contributed by atoms with Gasteiger partial charge in [0.1, 0.15) is 12.2 Å². The fourth-order valence-corrected chi connectivity index (χ4v) is 4.21. The largest absolute Gasteiger partial charge is 0.421 e. The van der Waals surface area contributed by atoms with Gasteiger partial charge < -0.3 is 24.5 Å². The van der Waals surface area contributed by atoms with Gasteiger partial charge >= 0.3 is 0 Å². The first-order valence-electron chi connectivity index (χ1n) is 10.6. The van der Waals surface area contributed by atoms with Crippen LogP contribution in [-0.4, -0.2) is 50.4 Å². The molecule has 1 fully saturated rings. The highest BCUT2D eigenvalue weighted by atomic mass is 16.5. The van der Waals surface area contributed by atoms with Gasteiger partial charge in [-0.2, -0.15) is 0 Å². The van der Waals surface area contributed by atoms with Gasteiger partial charge in [0.25, 0.3) is 0 Å². The number of ether oxygens (including phenoxy) is 1. The molecule has 0 radical (unpaired) electrons. The number of fused-ring (bicyclic) bond motifs is 1. The van der Waals surface area contributed by atoms with E-state index in [1.165, 1.54) is 0 Å². The van der Waals surface area contributed by atoms with Gasteiger partial charge in [0.05, 0.1) is 18.8 Å². The second-order valence-electron chi connectivity index (χ2n) is 8.18. The summed E-state index contributed by atoms with van der Waals surface area (Å²) in [6.45, 7) is 1.57. The molecule has 32 heavy (non-hydrogen) atoms. The van der Waals surface area contributed by atoms with Crippen molar-refractivity contribution in [3.63, 3.8) is 0 Å². The van der Waals surface area contributed by atoms with Gasteiger partial charge in [0, 0.05) is 18.9 Å². The number of aryl methyl sites for hydroxylation is 1. The molecule has 2 heterocycles. The van der Waals surface area contributed by atoms with Crippen molar-refractivity contribution >= 4 is 10.8 Å². The summed E-state index contributed by atoms with van der Waals surface area (Å²) in [5, 5.41) is 40.2. The second kappa shape index (κ2) is 8.44. The van der Waals surface area contributed by atoms with E-state index in [9.17, 15) is 15.3 Å². The molecule has 1 aliphatic heterocycles. The van der Waals surface area contributed by atoms with E-state index >= 15 is 0 Å². The summed E-state index contributed by atoms with van der Waals surface area (Å²) in [6, 6.07) is 19.9. The molecule has 0 bridgehead atoms. The predicted octanol–water partition coefficient (Wildman–Crippen LogP) is 3.41. The van der Waals surface area contributed by atoms with Gasteiger partial charge in [-0.15, -0.1) is 10.2 Å². The van der Waals surface area contributed by atoms with Gasteiger partial charge in [0.15, 0.2) is 0 Å². The first-order valence-corrected chi connectivity index (χ1v) is 10.6. The third-order valence-corrected chi connectivity index (χ3v) is 5.91. The predicted molar refractivity (Wildman–Crippen MR) is 119 cm³/mol. The van der Waals surface area contributed by atoms with Crippen molar-refractivity contribution in [3.8, 4) is 22.6 Å². The zero-order valence-electron chi connectivity index (χ0n) is 17.5. The smallest absolute Gasteiger partial charge is 0.247 e. The topological polar surface area (TPSA) is 109 Å². The highest BCUT2D eigenvalue weighted by molar-refractivity contribution is 5.90. The average Bonchev–Trinajstić information content (AvgIpc) is 3.26. The molecule has 1 aromatic heterocycles. The summed E-state index contributed by atoms with van der Waals surface area (Å²) >= 11 is 0.